The van der Waals surface area contributed by atoms with Crippen molar-refractivity contribution in [1.82, 2.24) is 10.9 Å². The quantitative estimate of drug-likeness (QED) is 0.651. The number of benzene rings is 2. The van der Waals surface area contributed by atoms with E-state index in [1.165, 1.54) is 7.11 Å². The number of methoxy groups -OCH3 is 1. The lowest BCUT2D eigenvalue weighted by molar-refractivity contribution is -0.142. The van der Waals surface area contributed by atoms with Gasteiger partial charge in [-0.15, -0.1) is 0 Å². The molecule has 0 aromatic heterocycles. The summed E-state index contributed by atoms with van der Waals surface area (Å²) in [6, 6.07) is 16.8. The average molecular weight is 326 g/mol. The van der Waals surface area contributed by atoms with Gasteiger partial charge in [-0.3, -0.25) is 25.2 Å². The number of hydrogen-bond donors (Lipinski definition) is 2. The zero-order valence-electron chi connectivity index (χ0n) is 13.2. The van der Waals surface area contributed by atoms with Gasteiger partial charge >= 0.3 is 5.97 Å². The molecule has 0 saturated carbocycles. The molecule has 6 nitrogen and oxygen atoms in total. The third-order valence-corrected chi connectivity index (χ3v) is 3.35. The number of esters is 1. The number of amides is 2. The third-order valence-electron chi connectivity index (χ3n) is 3.35. The molecule has 0 atom stereocenters. The van der Waals surface area contributed by atoms with E-state index < -0.39 is 17.8 Å². The fourth-order valence-corrected chi connectivity index (χ4v) is 2.02. The zero-order valence-corrected chi connectivity index (χ0v) is 13.2. The number of hydrazine groups is 1. The molecule has 2 amide bonds. The maximum Gasteiger partial charge on any atom is 0.306 e. The van der Waals surface area contributed by atoms with Crippen LogP contribution in [0.25, 0.3) is 11.1 Å². The largest absolute Gasteiger partial charge is 0.469 e. The highest BCUT2D eigenvalue weighted by Gasteiger charge is 2.09. The standard InChI is InChI=1S/C18H18N2O4/c1-24-17(22)12-11-16(21)19-20-18(23)15-9-7-14(8-10-15)13-5-3-2-4-6-13/h2-10H,11-12H2,1H3,(H,19,21)(H,20,23). The van der Waals surface area contributed by atoms with Crippen molar-refractivity contribution in [3.8, 4) is 11.1 Å². The molecule has 2 aromatic rings. The van der Waals surface area contributed by atoms with Gasteiger partial charge in [0, 0.05) is 12.0 Å². The first-order valence-electron chi connectivity index (χ1n) is 7.41. The number of hydrogen-bond acceptors (Lipinski definition) is 4. The molecule has 0 fully saturated rings. The number of carbonyl (C=O) groups is 3. The Kier molecular flexibility index (Phi) is 6.08. The average Bonchev–Trinajstić information content (AvgIpc) is 2.64. The molecule has 2 aromatic carbocycles. The minimum absolute atomic E-state index is 0.0377. The molecular formula is C18H18N2O4. The van der Waals surface area contributed by atoms with Crippen LogP contribution in [0, 0.1) is 0 Å². The first-order valence-corrected chi connectivity index (χ1v) is 7.41. The van der Waals surface area contributed by atoms with Crippen molar-refractivity contribution in [2.24, 2.45) is 0 Å². The van der Waals surface area contributed by atoms with E-state index in [1.807, 2.05) is 42.5 Å². The molecular weight excluding hydrogens is 308 g/mol. The molecule has 0 aliphatic carbocycles. The third kappa shape index (κ3) is 4.95. The Morgan fingerprint density at radius 2 is 1.46 bits per heavy atom. The number of nitrogens with one attached hydrogen (secondary N) is 2. The van der Waals surface area contributed by atoms with Crippen LogP contribution in [0.4, 0.5) is 0 Å². The SMILES string of the molecule is COC(=O)CCC(=O)NNC(=O)c1ccc(-c2ccccc2)cc1. The van der Waals surface area contributed by atoms with E-state index in [2.05, 4.69) is 15.6 Å². The Hall–Kier alpha value is -3.15. The highest BCUT2D eigenvalue weighted by molar-refractivity contribution is 5.96. The fraction of sp³-hybridized carbons (Fsp3) is 0.167. The minimum Gasteiger partial charge on any atom is -0.469 e. The lowest BCUT2D eigenvalue weighted by atomic mass is 10.0. The molecule has 2 N–H and O–H groups in total. The van der Waals surface area contributed by atoms with Crippen LogP contribution >= 0.6 is 0 Å². The van der Waals surface area contributed by atoms with Gasteiger partial charge in [0.25, 0.3) is 5.91 Å². The summed E-state index contributed by atoms with van der Waals surface area (Å²) in [5.74, 6) is -1.37. The molecule has 124 valence electrons. The van der Waals surface area contributed by atoms with Crippen LogP contribution in [0.1, 0.15) is 23.2 Å². The van der Waals surface area contributed by atoms with Gasteiger partial charge in [0.05, 0.1) is 13.5 Å². The molecule has 0 radical (unpaired) electrons. The molecule has 0 spiro atoms. The Morgan fingerprint density at radius 3 is 2.08 bits per heavy atom. The topological polar surface area (TPSA) is 84.5 Å². The molecule has 0 unspecified atom stereocenters. The van der Waals surface area contributed by atoms with Crippen molar-refractivity contribution >= 4 is 17.8 Å². The number of ether oxygens (including phenoxy) is 1. The molecule has 2 rings (SSSR count). The highest BCUT2D eigenvalue weighted by Crippen LogP contribution is 2.19. The first kappa shape index (κ1) is 17.2. The summed E-state index contributed by atoms with van der Waals surface area (Å²) in [5, 5.41) is 0. The number of carbonyl (C=O) groups excluding carboxylic acids is 3. The molecule has 6 heteroatoms. The maximum atomic E-state index is 12.0. The van der Waals surface area contributed by atoms with Gasteiger partial charge in [-0.05, 0) is 23.3 Å². The lowest BCUT2D eigenvalue weighted by Gasteiger charge is -2.08. The predicted molar refractivity (Wildman–Crippen MR) is 88.7 cm³/mol. The molecule has 0 heterocycles. The van der Waals surface area contributed by atoms with Gasteiger partial charge in [0.1, 0.15) is 0 Å². The van der Waals surface area contributed by atoms with Crippen molar-refractivity contribution in [3.63, 3.8) is 0 Å². The van der Waals surface area contributed by atoms with Gasteiger partial charge < -0.3 is 4.74 Å². The van der Waals surface area contributed by atoms with E-state index in [9.17, 15) is 14.4 Å². The molecule has 24 heavy (non-hydrogen) atoms. The van der Waals surface area contributed by atoms with Crippen LogP contribution in [0.5, 0.6) is 0 Å². The van der Waals surface area contributed by atoms with Gasteiger partial charge in [0.2, 0.25) is 5.91 Å². The summed E-state index contributed by atoms with van der Waals surface area (Å²) in [6.45, 7) is 0. The monoisotopic (exact) mass is 326 g/mol. The summed E-state index contributed by atoms with van der Waals surface area (Å²) < 4.78 is 4.44. The van der Waals surface area contributed by atoms with Crippen molar-refractivity contribution < 1.29 is 19.1 Å². The summed E-state index contributed by atoms with van der Waals surface area (Å²) in [5.41, 5.74) is 7.04. The Balaban J connectivity index is 1.87. The van der Waals surface area contributed by atoms with Crippen LogP contribution in [-0.2, 0) is 14.3 Å². The van der Waals surface area contributed by atoms with E-state index in [0.717, 1.165) is 11.1 Å². The second-order valence-electron chi connectivity index (χ2n) is 5.02. The minimum atomic E-state index is -0.479. The van der Waals surface area contributed by atoms with Crippen molar-refractivity contribution in [2.45, 2.75) is 12.8 Å². The molecule has 0 aliphatic rings. The maximum absolute atomic E-state index is 12.0. The second-order valence-corrected chi connectivity index (χ2v) is 5.02. The Labute approximate surface area is 139 Å². The molecule has 0 aliphatic heterocycles. The summed E-state index contributed by atoms with van der Waals surface area (Å²) in [7, 11) is 1.25. The van der Waals surface area contributed by atoms with Crippen LogP contribution in [0.15, 0.2) is 54.6 Å². The first-order chi connectivity index (χ1) is 11.6. The van der Waals surface area contributed by atoms with Gasteiger partial charge in [-0.25, -0.2) is 0 Å². The van der Waals surface area contributed by atoms with E-state index in [1.54, 1.807) is 12.1 Å². The normalized spacial score (nSPS) is 9.88. The Bertz CT molecular complexity index is 712. The smallest absolute Gasteiger partial charge is 0.306 e. The van der Waals surface area contributed by atoms with Crippen LogP contribution in [0.2, 0.25) is 0 Å². The predicted octanol–water partition coefficient (Wildman–Crippen LogP) is 2.07. The highest BCUT2D eigenvalue weighted by atomic mass is 16.5. The summed E-state index contributed by atoms with van der Waals surface area (Å²) in [6.07, 6.45) is -0.0934. The van der Waals surface area contributed by atoms with Gasteiger partial charge in [-0.2, -0.15) is 0 Å². The lowest BCUT2D eigenvalue weighted by Crippen LogP contribution is -2.41. The van der Waals surface area contributed by atoms with Crippen molar-refractivity contribution in [3.05, 3.63) is 60.2 Å². The molecule has 0 saturated heterocycles. The second kappa shape index (κ2) is 8.47. The van der Waals surface area contributed by atoms with Gasteiger partial charge in [-0.1, -0.05) is 42.5 Å². The fourth-order valence-electron chi connectivity index (χ4n) is 2.02. The summed E-state index contributed by atoms with van der Waals surface area (Å²) >= 11 is 0. The Morgan fingerprint density at radius 1 is 0.833 bits per heavy atom. The van der Waals surface area contributed by atoms with Crippen molar-refractivity contribution in [1.29, 1.82) is 0 Å². The number of rotatable bonds is 5. The van der Waals surface area contributed by atoms with Crippen LogP contribution in [-0.4, -0.2) is 24.9 Å². The van der Waals surface area contributed by atoms with Crippen LogP contribution < -0.4 is 10.9 Å². The zero-order chi connectivity index (χ0) is 17.4. The van der Waals surface area contributed by atoms with Crippen molar-refractivity contribution in [2.75, 3.05) is 7.11 Å². The van der Waals surface area contributed by atoms with E-state index in [0.29, 0.717) is 5.56 Å². The van der Waals surface area contributed by atoms with E-state index in [4.69, 9.17) is 0 Å². The van der Waals surface area contributed by atoms with Gasteiger partial charge in [0.15, 0.2) is 0 Å². The summed E-state index contributed by atoms with van der Waals surface area (Å²) in [4.78, 5) is 34.4. The van der Waals surface area contributed by atoms with E-state index >= 15 is 0 Å². The van der Waals surface area contributed by atoms with Crippen LogP contribution in [0.3, 0.4) is 0 Å². The molecule has 0 bridgehead atoms. The van der Waals surface area contributed by atoms with E-state index in [-0.39, 0.29) is 12.8 Å².